The molecular formula is C30H38N2O6. The van der Waals surface area contributed by atoms with Gasteiger partial charge in [-0.2, -0.15) is 0 Å². The van der Waals surface area contributed by atoms with Crippen molar-refractivity contribution < 1.29 is 29.0 Å². The molecule has 3 aliphatic heterocycles. The van der Waals surface area contributed by atoms with E-state index in [1.165, 1.54) is 4.90 Å². The molecule has 0 aliphatic carbocycles. The van der Waals surface area contributed by atoms with E-state index in [2.05, 4.69) is 5.32 Å². The Morgan fingerprint density at radius 2 is 1.89 bits per heavy atom. The van der Waals surface area contributed by atoms with Gasteiger partial charge in [-0.05, 0) is 55.0 Å². The molecule has 38 heavy (non-hydrogen) atoms. The molecule has 2 amide bonds. The van der Waals surface area contributed by atoms with Gasteiger partial charge in [-0.1, -0.05) is 57.5 Å². The van der Waals surface area contributed by atoms with Crippen molar-refractivity contribution in [1.82, 2.24) is 4.90 Å². The van der Waals surface area contributed by atoms with Crippen LogP contribution < -0.4 is 5.32 Å². The number of nitrogens with zero attached hydrogens (tertiary/aromatic N) is 1. The molecule has 0 saturated carbocycles. The van der Waals surface area contributed by atoms with Gasteiger partial charge in [0.05, 0.1) is 30.8 Å². The standard InChI is InChI=1S/C30H38N2O6/c1-5-18(4)22(17-33)32-25(26(34)31-21-13-12-19-10-8-9-11-20(19)16-21)30-15-14-29(6-2,38-30)24(23(30)27(32)35)28(36)37-7-3/h8-13,16,18,22-25,33H,5-7,14-15,17H2,1-4H3,(H,31,34)/t18-,22-,23-,24+,25?,29-,30?/m0/s1. The summed E-state index contributed by atoms with van der Waals surface area (Å²) in [5.74, 6) is -2.81. The zero-order valence-electron chi connectivity index (χ0n) is 22.6. The van der Waals surface area contributed by atoms with E-state index in [1.807, 2.05) is 63.2 Å². The van der Waals surface area contributed by atoms with E-state index in [0.717, 1.165) is 10.8 Å². The van der Waals surface area contributed by atoms with Gasteiger partial charge in [0.2, 0.25) is 11.8 Å². The molecule has 3 aliphatic rings. The molecule has 3 heterocycles. The van der Waals surface area contributed by atoms with Gasteiger partial charge in [-0.15, -0.1) is 0 Å². The second kappa shape index (κ2) is 9.97. The van der Waals surface area contributed by atoms with Crippen LogP contribution >= 0.6 is 0 Å². The van der Waals surface area contributed by atoms with Crippen molar-refractivity contribution in [2.75, 3.05) is 18.5 Å². The van der Waals surface area contributed by atoms with Crippen molar-refractivity contribution >= 4 is 34.2 Å². The van der Waals surface area contributed by atoms with Crippen molar-refractivity contribution in [3.8, 4) is 0 Å². The number of amides is 2. The summed E-state index contributed by atoms with van der Waals surface area (Å²) < 4.78 is 12.2. The molecule has 204 valence electrons. The number of esters is 1. The second-order valence-electron chi connectivity index (χ2n) is 11.0. The molecule has 3 fully saturated rings. The number of nitrogens with one attached hydrogen (secondary N) is 1. The molecule has 2 aromatic carbocycles. The Kier molecular flexibility index (Phi) is 6.99. The summed E-state index contributed by atoms with van der Waals surface area (Å²) >= 11 is 0. The van der Waals surface area contributed by atoms with E-state index in [1.54, 1.807) is 6.92 Å². The van der Waals surface area contributed by atoms with Crippen molar-refractivity contribution in [2.24, 2.45) is 17.8 Å². The number of fused-ring (bicyclic) bond motifs is 2. The van der Waals surface area contributed by atoms with Gasteiger partial charge in [-0.3, -0.25) is 14.4 Å². The maximum atomic E-state index is 14.3. The lowest BCUT2D eigenvalue weighted by Gasteiger charge is -2.39. The van der Waals surface area contributed by atoms with Crippen molar-refractivity contribution in [3.05, 3.63) is 42.5 Å². The third-order valence-corrected chi connectivity index (χ3v) is 9.27. The SMILES string of the molecule is CCOC(=O)[C@H]1[C@H]2C(=O)N([C@@H](CO)[C@@H](C)CC)C(C(=O)Nc3ccc4ccccc4c3)C23CC[C@]1(CC)O3. The Hall–Kier alpha value is -2.97. The molecule has 3 saturated heterocycles. The van der Waals surface area contributed by atoms with Gasteiger partial charge in [0.1, 0.15) is 17.6 Å². The van der Waals surface area contributed by atoms with Crippen LogP contribution in [0.4, 0.5) is 5.69 Å². The highest BCUT2D eigenvalue weighted by atomic mass is 16.6. The first kappa shape index (κ1) is 26.6. The second-order valence-corrected chi connectivity index (χ2v) is 11.0. The van der Waals surface area contributed by atoms with Gasteiger partial charge in [0.25, 0.3) is 0 Å². The molecule has 1 spiro atoms. The van der Waals surface area contributed by atoms with E-state index in [4.69, 9.17) is 9.47 Å². The number of aliphatic hydroxyl groups excluding tert-OH is 1. The van der Waals surface area contributed by atoms with Crippen LogP contribution in [0.1, 0.15) is 53.4 Å². The first-order valence-corrected chi connectivity index (χ1v) is 13.9. The zero-order chi connectivity index (χ0) is 27.2. The fourth-order valence-corrected chi connectivity index (χ4v) is 7.20. The van der Waals surface area contributed by atoms with Crippen LogP contribution in [-0.2, 0) is 23.9 Å². The molecule has 2 unspecified atom stereocenters. The first-order chi connectivity index (χ1) is 18.3. The minimum absolute atomic E-state index is 0.0616. The molecule has 8 heteroatoms. The molecule has 8 nitrogen and oxygen atoms in total. The summed E-state index contributed by atoms with van der Waals surface area (Å²) in [5, 5.41) is 15.5. The van der Waals surface area contributed by atoms with Crippen LogP contribution in [0.25, 0.3) is 10.8 Å². The number of rotatable bonds is 9. The molecule has 2 N–H and O–H groups in total. The molecule has 2 aromatic rings. The van der Waals surface area contributed by atoms with E-state index < -0.39 is 41.1 Å². The fraction of sp³-hybridized carbons (Fsp3) is 0.567. The largest absolute Gasteiger partial charge is 0.466 e. The van der Waals surface area contributed by atoms with Gasteiger partial charge in [-0.25, -0.2) is 0 Å². The summed E-state index contributed by atoms with van der Waals surface area (Å²) in [5.41, 5.74) is -1.39. The number of aliphatic hydroxyl groups is 1. The quantitative estimate of drug-likeness (QED) is 0.484. The number of carbonyl (C=O) groups is 3. The van der Waals surface area contributed by atoms with Gasteiger partial charge in [0, 0.05) is 5.69 Å². The lowest BCUT2D eigenvalue weighted by atomic mass is 9.65. The molecule has 7 atom stereocenters. The van der Waals surface area contributed by atoms with E-state index in [-0.39, 0.29) is 30.9 Å². The Balaban J connectivity index is 1.58. The predicted octanol–water partition coefficient (Wildman–Crippen LogP) is 3.90. The highest BCUT2D eigenvalue weighted by Crippen LogP contribution is 2.65. The predicted molar refractivity (Wildman–Crippen MR) is 143 cm³/mol. The van der Waals surface area contributed by atoms with E-state index in [0.29, 0.717) is 31.4 Å². The summed E-state index contributed by atoms with van der Waals surface area (Å²) in [4.78, 5) is 43.3. The van der Waals surface area contributed by atoms with Crippen molar-refractivity contribution in [3.63, 3.8) is 0 Å². The van der Waals surface area contributed by atoms with Crippen LogP contribution in [0, 0.1) is 17.8 Å². The maximum absolute atomic E-state index is 14.3. The van der Waals surface area contributed by atoms with Crippen LogP contribution in [0.15, 0.2) is 42.5 Å². The maximum Gasteiger partial charge on any atom is 0.312 e. The summed E-state index contributed by atoms with van der Waals surface area (Å²) in [6.45, 7) is 7.57. The molecule has 0 radical (unpaired) electrons. The van der Waals surface area contributed by atoms with E-state index in [9.17, 15) is 19.5 Å². The molecule has 2 bridgehead atoms. The van der Waals surface area contributed by atoms with Crippen LogP contribution in [0.2, 0.25) is 0 Å². The summed E-state index contributed by atoms with van der Waals surface area (Å²) in [7, 11) is 0. The smallest absolute Gasteiger partial charge is 0.312 e. The fourth-order valence-electron chi connectivity index (χ4n) is 7.20. The minimum atomic E-state index is -1.16. The molecular weight excluding hydrogens is 484 g/mol. The monoisotopic (exact) mass is 522 g/mol. The van der Waals surface area contributed by atoms with E-state index >= 15 is 0 Å². The van der Waals surface area contributed by atoms with Crippen molar-refractivity contribution in [2.45, 2.75) is 76.7 Å². The third kappa shape index (κ3) is 3.83. The first-order valence-electron chi connectivity index (χ1n) is 13.9. The number of anilines is 1. The number of hydrogen-bond acceptors (Lipinski definition) is 6. The summed E-state index contributed by atoms with van der Waals surface area (Å²) in [6, 6.07) is 12.0. The Morgan fingerprint density at radius 3 is 2.55 bits per heavy atom. The Bertz CT molecular complexity index is 1250. The number of likely N-dealkylation sites (tertiary alicyclic amines) is 1. The highest BCUT2D eigenvalue weighted by Gasteiger charge is 2.79. The normalized spacial score (nSPS) is 31.3. The minimum Gasteiger partial charge on any atom is -0.466 e. The van der Waals surface area contributed by atoms with Crippen molar-refractivity contribution in [1.29, 1.82) is 0 Å². The van der Waals surface area contributed by atoms with Gasteiger partial charge in [0.15, 0.2) is 0 Å². The molecule has 0 aromatic heterocycles. The number of ether oxygens (including phenoxy) is 2. The van der Waals surface area contributed by atoms with Gasteiger partial charge < -0.3 is 24.8 Å². The zero-order valence-corrected chi connectivity index (χ0v) is 22.6. The number of carbonyl (C=O) groups excluding carboxylic acids is 3. The average Bonchev–Trinajstić information content (AvgIpc) is 3.53. The highest BCUT2D eigenvalue weighted by molar-refractivity contribution is 6.04. The van der Waals surface area contributed by atoms with Crippen LogP contribution in [0.5, 0.6) is 0 Å². The number of hydrogen-bond donors (Lipinski definition) is 2. The molecule has 5 rings (SSSR count). The topological polar surface area (TPSA) is 105 Å². The van der Waals surface area contributed by atoms with Crippen LogP contribution in [-0.4, -0.2) is 64.3 Å². The Morgan fingerprint density at radius 1 is 1.16 bits per heavy atom. The lowest BCUT2D eigenvalue weighted by molar-refractivity contribution is -0.162. The third-order valence-electron chi connectivity index (χ3n) is 9.27. The number of benzene rings is 2. The van der Waals surface area contributed by atoms with Gasteiger partial charge >= 0.3 is 5.97 Å². The Labute approximate surface area is 223 Å². The summed E-state index contributed by atoms with van der Waals surface area (Å²) in [6.07, 6.45) is 2.30. The van der Waals surface area contributed by atoms with Crippen LogP contribution in [0.3, 0.4) is 0 Å². The average molecular weight is 523 g/mol. The lowest BCUT2D eigenvalue weighted by Crippen LogP contribution is -2.57.